The highest BCUT2D eigenvalue weighted by atomic mass is 35.5. The van der Waals surface area contributed by atoms with E-state index in [1.54, 1.807) is 0 Å². The molecule has 1 aromatic carbocycles. The van der Waals surface area contributed by atoms with Crippen molar-refractivity contribution in [2.75, 3.05) is 5.88 Å². The van der Waals surface area contributed by atoms with Crippen molar-refractivity contribution in [3.63, 3.8) is 0 Å². The summed E-state index contributed by atoms with van der Waals surface area (Å²) >= 11 is 5.82. The van der Waals surface area contributed by atoms with E-state index in [2.05, 4.69) is 24.3 Å². The third kappa shape index (κ3) is 3.78. The molecule has 0 spiro atoms. The maximum Gasteiger partial charge on any atom is 0.256 e. The Hall–Kier alpha value is -1.32. The fourth-order valence-corrected chi connectivity index (χ4v) is 3.54. The van der Waals surface area contributed by atoms with E-state index < -0.39 is 0 Å². The summed E-state index contributed by atoms with van der Waals surface area (Å²) in [5, 5.41) is 0. The Bertz CT molecular complexity index is 713. The number of aryl methyl sites for hydroxylation is 1. The van der Waals surface area contributed by atoms with Gasteiger partial charge in [0.25, 0.3) is 5.56 Å². The molecule has 2 aromatic rings. The van der Waals surface area contributed by atoms with Crippen molar-refractivity contribution in [2.24, 2.45) is 0 Å². The molecule has 0 radical (unpaired) electrons. The normalized spacial score (nSPS) is 16.5. The molecule has 0 saturated heterocycles. The summed E-state index contributed by atoms with van der Waals surface area (Å²) in [5.41, 5.74) is 3.04. The molecule has 1 atom stereocenters. The molecular formula is C18H22Cl2N2O. The molecule has 124 valence electrons. The lowest BCUT2D eigenvalue weighted by Gasteiger charge is -2.27. The molecule has 23 heavy (non-hydrogen) atoms. The summed E-state index contributed by atoms with van der Waals surface area (Å²) in [5.74, 6) is 1.74. The lowest BCUT2D eigenvalue weighted by Crippen LogP contribution is -2.34. The zero-order valence-electron chi connectivity index (χ0n) is 13.3. The van der Waals surface area contributed by atoms with Crippen molar-refractivity contribution in [1.29, 1.82) is 0 Å². The minimum Gasteiger partial charge on any atom is -0.296 e. The number of hydrogen-bond donors (Lipinski definition) is 0. The maximum atomic E-state index is 12.7. The summed E-state index contributed by atoms with van der Waals surface area (Å²) in [4.78, 5) is 17.5. The number of hydrogen-bond acceptors (Lipinski definition) is 2. The molecule has 0 N–H and O–H groups in total. The maximum absolute atomic E-state index is 12.7. The van der Waals surface area contributed by atoms with E-state index >= 15 is 0 Å². The van der Waals surface area contributed by atoms with Gasteiger partial charge in [0, 0.05) is 29.6 Å². The predicted molar refractivity (Wildman–Crippen MR) is 97.0 cm³/mol. The molecule has 2 heterocycles. The van der Waals surface area contributed by atoms with Crippen molar-refractivity contribution in [3.05, 3.63) is 63.3 Å². The van der Waals surface area contributed by atoms with Crippen LogP contribution in [0.1, 0.15) is 41.4 Å². The molecule has 3 rings (SSSR count). The SMILES string of the molecule is Cc1nc2n(c(=O)c1CCCl)CCCC2Cc1ccccc1.Cl. The van der Waals surface area contributed by atoms with Crippen LogP contribution in [0, 0.1) is 6.92 Å². The summed E-state index contributed by atoms with van der Waals surface area (Å²) in [6.45, 7) is 2.71. The third-order valence-electron chi connectivity index (χ3n) is 4.47. The second-order valence-electron chi connectivity index (χ2n) is 5.96. The minimum atomic E-state index is 0. The number of benzene rings is 1. The zero-order valence-corrected chi connectivity index (χ0v) is 14.9. The monoisotopic (exact) mass is 352 g/mol. The van der Waals surface area contributed by atoms with Crippen LogP contribution in [0.15, 0.2) is 35.1 Å². The number of aromatic nitrogens is 2. The van der Waals surface area contributed by atoms with E-state index in [9.17, 15) is 4.79 Å². The van der Waals surface area contributed by atoms with Gasteiger partial charge < -0.3 is 0 Å². The summed E-state index contributed by atoms with van der Waals surface area (Å²) < 4.78 is 1.88. The number of rotatable bonds is 4. The van der Waals surface area contributed by atoms with Gasteiger partial charge in [0.2, 0.25) is 0 Å². The molecule has 0 aliphatic carbocycles. The van der Waals surface area contributed by atoms with E-state index in [0.717, 1.165) is 42.9 Å². The van der Waals surface area contributed by atoms with Crippen LogP contribution < -0.4 is 5.56 Å². The lowest BCUT2D eigenvalue weighted by atomic mass is 9.91. The van der Waals surface area contributed by atoms with Gasteiger partial charge in [0.1, 0.15) is 5.82 Å². The van der Waals surface area contributed by atoms with Gasteiger partial charge in [-0.3, -0.25) is 9.36 Å². The molecule has 0 bridgehead atoms. The van der Waals surface area contributed by atoms with Crippen molar-refractivity contribution in [2.45, 2.75) is 45.1 Å². The number of nitrogens with zero attached hydrogens (tertiary/aromatic N) is 2. The van der Waals surface area contributed by atoms with Gasteiger partial charge >= 0.3 is 0 Å². The molecular weight excluding hydrogens is 331 g/mol. The standard InChI is InChI=1S/C18H21ClN2O.ClH/c1-13-16(9-10-19)18(22)21-11-5-8-15(17(21)20-13)12-14-6-3-2-4-7-14;/h2-4,6-7,15H,5,8-12H2,1H3;1H. The summed E-state index contributed by atoms with van der Waals surface area (Å²) in [6, 6.07) is 10.4. The van der Waals surface area contributed by atoms with Crippen LogP contribution in [0.25, 0.3) is 0 Å². The number of alkyl halides is 1. The molecule has 1 aliphatic rings. The highest BCUT2D eigenvalue weighted by Crippen LogP contribution is 2.28. The first-order valence-electron chi connectivity index (χ1n) is 7.91. The van der Waals surface area contributed by atoms with Crippen LogP contribution in [0.3, 0.4) is 0 Å². The smallest absolute Gasteiger partial charge is 0.256 e. The molecule has 1 unspecified atom stereocenters. The van der Waals surface area contributed by atoms with E-state index in [-0.39, 0.29) is 18.0 Å². The van der Waals surface area contributed by atoms with E-state index in [1.165, 1.54) is 5.56 Å². The van der Waals surface area contributed by atoms with Crippen molar-refractivity contribution < 1.29 is 0 Å². The first-order chi connectivity index (χ1) is 10.7. The Morgan fingerprint density at radius 3 is 2.74 bits per heavy atom. The highest BCUT2D eigenvalue weighted by Gasteiger charge is 2.25. The third-order valence-corrected chi connectivity index (χ3v) is 4.66. The van der Waals surface area contributed by atoms with E-state index in [4.69, 9.17) is 16.6 Å². The number of fused-ring (bicyclic) bond motifs is 1. The van der Waals surface area contributed by atoms with Crippen LogP contribution in [-0.4, -0.2) is 15.4 Å². The molecule has 1 aromatic heterocycles. The topological polar surface area (TPSA) is 34.9 Å². The fourth-order valence-electron chi connectivity index (χ4n) is 3.35. The van der Waals surface area contributed by atoms with Crippen molar-refractivity contribution in [3.8, 4) is 0 Å². The fraction of sp³-hybridized carbons (Fsp3) is 0.444. The summed E-state index contributed by atoms with van der Waals surface area (Å²) in [6.07, 6.45) is 3.68. The largest absolute Gasteiger partial charge is 0.296 e. The first-order valence-corrected chi connectivity index (χ1v) is 8.44. The van der Waals surface area contributed by atoms with E-state index in [0.29, 0.717) is 18.2 Å². The second kappa shape index (κ2) is 7.98. The average molecular weight is 353 g/mol. The van der Waals surface area contributed by atoms with Gasteiger partial charge in [-0.25, -0.2) is 4.98 Å². The average Bonchev–Trinajstić information content (AvgIpc) is 2.53. The predicted octanol–water partition coefficient (Wildman–Crippen LogP) is 3.87. The van der Waals surface area contributed by atoms with Crippen LogP contribution >= 0.6 is 24.0 Å². The Morgan fingerprint density at radius 1 is 1.30 bits per heavy atom. The van der Waals surface area contributed by atoms with Gasteiger partial charge in [0.05, 0.1) is 0 Å². The van der Waals surface area contributed by atoms with E-state index in [1.807, 2.05) is 17.6 Å². The Kier molecular flexibility index (Phi) is 6.25. The van der Waals surface area contributed by atoms with Gasteiger partial charge in [-0.15, -0.1) is 24.0 Å². The first kappa shape index (κ1) is 18.0. The molecule has 0 fully saturated rings. The van der Waals surface area contributed by atoms with Crippen LogP contribution in [0.2, 0.25) is 0 Å². The minimum absolute atomic E-state index is 0. The van der Waals surface area contributed by atoms with Gasteiger partial charge in [0.15, 0.2) is 0 Å². The second-order valence-corrected chi connectivity index (χ2v) is 6.34. The molecule has 0 saturated carbocycles. The van der Waals surface area contributed by atoms with Crippen LogP contribution in [0.4, 0.5) is 0 Å². The Balaban J connectivity index is 0.00000192. The molecule has 1 aliphatic heterocycles. The Morgan fingerprint density at radius 2 is 2.04 bits per heavy atom. The van der Waals surface area contributed by atoms with Crippen molar-refractivity contribution >= 4 is 24.0 Å². The molecule has 3 nitrogen and oxygen atoms in total. The van der Waals surface area contributed by atoms with Gasteiger partial charge in [-0.05, 0) is 38.2 Å². The summed E-state index contributed by atoms with van der Waals surface area (Å²) in [7, 11) is 0. The Labute approximate surface area is 148 Å². The van der Waals surface area contributed by atoms with Gasteiger partial charge in [-0.1, -0.05) is 30.3 Å². The number of halogens is 2. The zero-order chi connectivity index (χ0) is 15.5. The van der Waals surface area contributed by atoms with Crippen molar-refractivity contribution in [1.82, 2.24) is 9.55 Å². The van der Waals surface area contributed by atoms with Crippen LogP contribution in [-0.2, 0) is 19.4 Å². The lowest BCUT2D eigenvalue weighted by molar-refractivity contribution is 0.418. The molecule has 0 amide bonds. The quantitative estimate of drug-likeness (QED) is 0.782. The van der Waals surface area contributed by atoms with Gasteiger partial charge in [-0.2, -0.15) is 0 Å². The molecule has 5 heteroatoms. The highest BCUT2D eigenvalue weighted by molar-refractivity contribution is 6.17. The van der Waals surface area contributed by atoms with Crippen LogP contribution in [0.5, 0.6) is 0 Å².